The molecule has 0 radical (unpaired) electrons. The number of nitrogens with zero attached hydrogens (tertiary/aromatic N) is 1. The molecule has 0 heterocycles. The monoisotopic (exact) mass is 215 g/mol. The molecule has 0 aliphatic carbocycles. The summed E-state index contributed by atoms with van der Waals surface area (Å²) in [5, 5.41) is 10.3. The van der Waals surface area contributed by atoms with Crippen LogP contribution in [0.25, 0.3) is 0 Å². The van der Waals surface area contributed by atoms with Crippen LogP contribution < -0.4 is 0 Å². The first-order valence-corrected chi connectivity index (χ1v) is 6.09. The predicted octanol–water partition coefficient (Wildman–Crippen LogP) is 2.90. The van der Waals surface area contributed by atoms with Crippen LogP contribution in [0.2, 0.25) is 0 Å². The third-order valence-corrected chi connectivity index (χ3v) is 3.77. The maximum absolute atomic E-state index is 10.3. The van der Waals surface area contributed by atoms with Gasteiger partial charge in [0.05, 0.1) is 5.60 Å². The van der Waals surface area contributed by atoms with Crippen LogP contribution in [-0.4, -0.2) is 35.2 Å². The topological polar surface area (TPSA) is 23.5 Å². The van der Waals surface area contributed by atoms with Crippen molar-refractivity contribution < 1.29 is 5.11 Å². The van der Waals surface area contributed by atoms with Crippen molar-refractivity contribution in [2.75, 3.05) is 13.6 Å². The highest BCUT2D eigenvalue weighted by Gasteiger charge is 2.30. The number of rotatable bonds is 5. The molecule has 0 spiro atoms. The molecule has 0 amide bonds. The van der Waals surface area contributed by atoms with Crippen molar-refractivity contribution in [3.05, 3.63) is 0 Å². The highest BCUT2D eigenvalue weighted by atomic mass is 16.3. The summed E-state index contributed by atoms with van der Waals surface area (Å²) >= 11 is 0. The SMILES string of the molecule is CCC(O)(CC)CN(C)C(C)C(C)(C)C. The van der Waals surface area contributed by atoms with E-state index in [-0.39, 0.29) is 5.41 Å². The molecule has 0 bridgehead atoms. The van der Waals surface area contributed by atoms with Crippen LogP contribution in [-0.2, 0) is 0 Å². The summed E-state index contributed by atoms with van der Waals surface area (Å²) in [7, 11) is 2.10. The normalized spacial score (nSPS) is 15.8. The van der Waals surface area contributed by atoms with Gasteiger partial charge >= 0.3 is 0 Å². The second kappa shape index (κ2) is 5.31. The number of hydrogen-bond donors (Lipinski definition) is 1. The Morgan fingerprint density at radius 2 is 1.53 bits per heavy atom. The van der Waals surface area contributed by atoms with Crippen LogP contribution in [0, 0.1) is 5.41 Å². The smallest absolute Gasteiger partial charge is 0.0768 e. The van der Waals surface area contributed by atoms with E-state index in [4.69, 9.17) is 0 Å². The van der Waals surface area contributed by atoms with E-state index in [1.807, 2.05) is 0 Å². The Hall–Kier alpha value is -0.0800. The van der Waals surface area contributed by atoms with Crippen molar-refractivity contribution in [1.29, 1.82) is 0 Å². The molecule has 0 saturated heterocycles. The summed E-state index contributed by atoms with van der Waals surface area (Å²) in [5.41, 5.74) is -0.259. The molecule has 0 aromatic heterocycles. The minimum atomic E-state index is -0.520. The van der Waals surface area contributed by atoms with Crippen molar-refractivity contribution in [2.45, 2.75) is 66.0 Å². The van der Waals surface area contributed by atoms with Crippen LogP contribution in [0.3, 0.4) is 0 Å². The maximum Gasteiger partial charge on any atom is 0.0768 e. The van der Waals surface area contributed by atoms with Gasteiger partial charge in [-0.3, -0.25) is 0 Å². The van der Waals surface area contributed by atoms with Gasteiger partial charge in [-0.1, -0.05) is 34.6 Å². The van der Waals surface area contributed by atoms with E-state index < -0.39 is 5.60 Å². The van der Waals surface area contributed by atoms with E-state index >= 15 is 0 Å². The minimum Gasteiger partial charge on any atom is -0.389 e. The van der Waals surface area contributed by atoms with Gasteiger partial charge in [-0.2, -0.15) is 0 Å². The molecular weight excluding hydrogens is 186 g/mol. The first-order chi connectivity index (χ1) is 6.66. The minimum absolute atomic E-state index is 0.261. The summed E-state index contributed by atoms with van der Waals surface area (Å²) in [6.07, 6.45) is 1.65. The van der Waals surface area contributed by atoms with Crippen molar-refractivity contribution >= 4 is 0 Å². The predicted molar refractivity (Wildman–Crippen MR) is 67.1 cm³/mol. The fraction of sp³-hybridized carbons (Fsp3) is 1.00. The van der Waals surface area contributed by atoms with E-state index in [0.717, 1.165) is 19.4 Å². The van der Waals surface area contributed by atoms with Gasteiger partial charge in [-0.25, -0.2) is 0 Å². The highest BCUT2D eigenvalue weighted by molar-refractivity contribution is 4.84. The Morgan fingerprint density at radius 1 is 1.13 bits per heavy atom. The Bertz CT molecular complexity index is 179. The molecule has 1 N–H and O–H groups in total. The lowest BCUT2D eigenvalue weighted by Crippen LogP contribution is -2.48. The van der Waals surface area contributed by atoms with Crippen LogP contribution >= 0.6 is 0 Å². The lowest BCUT2D eigenvalue weighted by Gasteiger charge is -2.39. The molecule has 1 atom stereocenters. The van der Waals surface area contributed by atoms with Crippen molar-refractivity contribution in [2.24, 2.45) is 5.41 Å². The Morgan fingerprint density at radius 3 is 1.80 bits per heavy atom. The van der Waals surface area contributed by atoms with Gasteiger partial charge in [0.15, 0.2) is 0 Å². The number of hydrogen-bond acceptors (Lipinski definition) is 2. The largest absolute Gasteiger partial charge is 0.389 e. The first-order valence-electron chi connectivity index (χ1n) is 6.09. The molecule has 0 aromatic rings. The average molecular weight is 215 g/mol. The third-order valence-electron chi connectivity index (χ3n) is 3.77. The summed E-state index contributed by atoms with van der Waals surface area (Å²) in [5.74, 6) is 0. The molecule has 15 heavy (non-hydrogen) atoms. The van der Waals surface area contributed by atoms with Gasteiger partial charge in [0, 0.05) is 12.6 Å². The summed E-state index contributed by atoms with van der Waals surface area (Å²) in [4.78, 5) is 2.27. The van der Waals surface area contributed by atoms with Crippen molar-refractivity contribution in [3.8, 4) is 0 Å². The quantitative estimate of drug-likeness (QED) is 0.762. The highest BCUT2D eigenvalue weighted by Crippen LogP contribution is 2.25. The van der Waals surface area contributed by atoms with E-state index in [0.29, 0.717) is 6.04 Å². The lowest BCUT2D eigenvalue weighted by molar-refractivity contribution is -0.0178. The van der Waals surface area contributed by atoms with E-state index in [1.165, 1.54) is 0 Å². The van der Waals surface area contributed by atoms with E-state index in [9.17, 15) is 5.11 Å². The fourth-order valence-electron chi connectivity index (χ4n) is 1.74. The van der Waals surface area contributed by atoms with Gasteiger partial charge in [-0.15, -0.1) is 0 Å². The fourth-order valence-corrected chi connectivity index (χ4v) is 1.74. The zero-order valence-corrected chi connectivity index (χ0v) is 11.6. The van der Waals surface area contributed by atoms with Crippen LogP contribution in [0.4, 0.5) is 0 Å². The molecule has 1 unspecified atom stereocenters. The summed E-state index contributed by atoms with van der Waals surface area (Å²) in [6.45, 7) is 13.8. The Balaban J connectivity index is 4.42. The molecule has 0 aromatic carbocycles. The number of likely N-dealkylation sites (N-methyl/N-ethyl adjacent to an activating group) is 1. The van der Waals surface area contributed by atoms with Gasteiger partial charge in [0.25, 0.3) is 0 Å². The summed E-state index contributed by atoms with van der Waals surface area (Å²) in [6, 6.07) is 0.474. The van der Waals surface area contributed by atoms with Gasteiger partial charge in [-0.05, 0) is 32.2 Å². The standard InChI is InChI=1S/C13H29NO/c1-8-13(15,9-2)10-14(7)11(3)12(4,5)6/h11,15H,8-10H2,1-7H3. The van der Waals surface area contributed by atoms with Gasteiger partial charge in [0.1, 0.15) is 0 Å². The molecule has 0 rings (SSSR count). The zero-order chi connectivity index (χ0) is 12.3. The molecule has 0 saturated carbocycles. The van der Waals surface area contributed by atoms with Crippen molar-refractivity contribution in [1.82, 2.24) is 4.90 Å². The van der Waals surface area contributed by atoms with Crippen LogP contribution in [0.15, 0.2) is 0 Å². The van der Waals surface area contributed by atoms with Gasteiger partial charge < -0.3 is 10.0 Å². The second-order valence-corrected chi connectivity index (χ2v) is 5.89. The molecule has 0 aliphatic rings. The average Bonchev–Trinajstić information content (AvgIpc) is 2.15. The molecule has 2 nitrogen and oxygen atoms in total. The molecule has 2 heteroatoms. The summed E-state index contributed by atoms with van der Waals surface area (Å²) < 4.78 is 0. The first kappa shape index (κ1) is 14.9. The van der Waals surface area contributed by atoms with E-state index in [2.05, 4.69) is 53.5 Å². The lowest BCUT2D eigenvalue weighted by atomic mass is 9.86. The Kier molecular flexibility index (Phi) is 5.28. The van der Waals surface area contributed by atoms with E-state index in [1.54, 1.807) is 0 Å². The van der Waals surface area contributed by atoms with Gasteiger partial charge in [0.2, 0.25) is 0 Å². The maximum atomic E-state index is 10.3. The Labute approximate surface area is 95.7 Å². The molecule has 0 aliphatic heterocycles. The molecule has 0 fully saturated rings. The van der Waals surface area contributed by atoms with Crippen LogP contribution in [0.5, 0.6) is 0 Å². The van der Waals surface area contributed by atoms with Crippen LogP contribution in [0.1, 0.15) is 54.4 Å². The zero-order valence-electron chi connectivity index (χ0n) is 11.6. The molecular formula is C13H29NO. The second-order valence-electron chi connectivity index (χ2n) is 5.89. The molecule has 92 valence electrons. The number of aliphatic hydroxyl groups is 1. The van der Waals surface area contributed by atoms with Crippen molar-refractivity contribution in [3.63, 3.8) is 0 Å². The third kappa shape index (κ3) is 4.52.